The van der Waals surface area contributed by atoms with E-state index in [1.807, 2.05) is 0 Å². The summed E-state index contributed by atoms with van der Waals surface area (Å²) in [5, 5.41) is 8.54. The first-order valence-corrected chi connectivity index (χ1v) is 2.32. The fraction of sp³-hybridized carbons (Fsp3) is 0.800. The topological polar surface area (TPSA) is 20.2 Å². The zero-order chi connectivity index (χ0) is 4.57. The third-order valence-corrected chi connectivity index (χ3v) is 1.17. The van der Waals surface area contributed by atoms with Crippen LogP contribution in [-0.4, -0.2) is 5.11 Å². The fourth-order valence-corrected chi connectivity index (χ4v) is 0.745. The van der Waals surface area contributed by atoms with Crippen molar-refractivity contribution in [2.45, 2.75) is 19.8 Å². The predicted octanol–water partition coefficient (Wildman–Crippen LogP) is 1.32. The van der Waals surface area contributed by atoms with E-state index in [-0.39, 0.29) is 0 Å². The molecule has 6 heavy (non-hydrogen) atoms. The minimum atomic E-state index is 0.683. The van der Waals surface area contributed by atoms with Gasteiger partial charge in [-0.3, -0.25) is 0 Å². The lowest BCUT2D eigenvalue weighted by Gasteiger charge is -2.25. The van der Waals surface area contributed by atoms with Crippen LogP contribution in [0, 0.1) is 12.0 Å². The summed E-state index contributed by atoms with van der Waals surface area (Å²) in [5.41, 5.74) is 0. The van der Waals surface area contributed by atoms with Gasteiger partial charge in [0.1, 0.15) is 0 Å². The lowest BCUT2D eigenvalue weighted by molar-refractivity contribution is 0.159. The Labute approximate surface area is 38.0 Å². The van der Waals surface area contributed by atoms with Crippen molar-refractivity contribution in [3.8, 4) is 0 Å². The van der Waals surface area contributed by atoms with Crippen LogP contribution in [0.5, 0.6) is 0 Å². The molecular formula is C5H9O. The lowest BCUT2D eigenvalue weighted by Crippen LogP contribution is -2.17. The summed E-state index contributed by atoms with van der Waals surface area (Å²) in [6, 6.07) is 0. The van der Waals surface area contributed by atoms with Gasteiger partial charge >= 0.3 is 0 Å². The molecule has 1 saturated carbocycles. The largest absolute Gasteiger partial charge is 0.387 e. The minimum Gasteiger partial charge on any atom is -0.387 e. The van der Waals surface area contributed by atoms with Gasteiger partial charge in [-0.25, -0.2) is 0 Å². The van der Waals surface area contributed by atoms with Gasteiger partial charge in [0.25, 0.3) is 0 Å². The molecule has 1 N–H and O–H groups in total. The molecule has 0 bridgehead atoms. The average Bonchev–Trinajstić information content (AvgIpc) is 1.33. The van der Waals surface area contributed by atoms with E-state index in [1.165, 1.54) is 0 Å². The molecule has 35 valence electrons. The predicted molar refractivity (Wildman–Crippen MR) is 23.6 cm³/mol. The second-order valence-corrected chi connectivity index (χ2v) is 2.08. The van der Waals surface area contributed by atoms with Crippen LogP contribution in [0.3, 0.4) is 0 Å². The van der Waals surface area contributed by atoms with Crippen LogP contribution >= 0.6 is 0 Å². The monoisotopic (exact) mass is 85.1 g/mol. The first kappa shape index (κ1) is 4.13. The average molecular weight is 85.1 g/mol. The highest BCUT2D eigenvalue weighted by atomic mass is 16.3. The van der Waals surface area contributed by atoms with Crippen molar-refractivity contribution in [1.29, 1.82) is 0 Å². The van der Waals surface area contributed by atoms with Gasteiger partial charge in [-0.15, -0.1) is 0 Å². The summed E-state index contributed by atoms with van der Waals surface area (Å²) in [4.78, 5) is 0. The number of hydrogen-bond donors (Lipinski definition) is 1. The molecule has 1 aliphatic carbocycles. The zero-order valence-electron chi connectivity index (χ0n) is 3.94. The summed E-state index contributed by atoms with van der Waals surface area (Å²) in [6.07, 6.45) is 2.57. The van der Waals surface area contributed by atoms with Gasteiger partial charge in [-0.2, -0.15) is 0 Å². The zero-order valence-corrected chi connectivity index (χ0v) is 3.94. The first-order valence-electron chi connectivity index (χ1n) is 2.32. The molecule has 0 aromatic heterocycles. The molecule has 0 aliphatic heterocycles. The number of rotatable bonds is 0. The van der Waals surface area contributed by atoms with Crippen LogP contribution in [0.25, 0.3) is 0 Å². The second-order valence-electron chi connectivity index (χ2n) is 2.08. The summed E-state index contributed by atoms with van der Waals surface area (Å²) >= 11 is 0. The van der Waals surface area contributed by atoms with Crippen molar-refractivity contribution in [2.24, 2.45) is 5.92 Å². The quantitative estimate of drug-likeness (QED) is 0.470. The normalized spacial score (nSPS) is 27.0. The van der Waals surface area contributed by atoms with Crippen molar-refractivity contribution in [2.75, 3.05) is 0 Å². The number of hydrogen-bond acceptors (Lipinski definition) is 1. The van der Waals surface area contributed by atoms with Gasteiger partial charge in [0, 0.05) is 0 Å². The van der Waals surface area contributed by atoms with Crippen molar-refractivity contribution < 1.29 is 5.11 Å². The SMILES string of the molecule is CC1C[C](O)C1. The van der Waals surface area contributed by atoms with E-state index >= 15 is 0 Å². The van der Waals surface area contributed by atoms with E-state index in [4.69, 9.17) is 5.11 Å². The molecule has 1 nitrogen and oxygen atoms in total. The van der Waals surface area contributed by atoms with Crippen LogP contribution in [0.4, 0.5) is 0 Å². The summed E-state index contributed by atoms with van der Waals surface area (Å²) in [5.74, 6) is 0.755. The Morgan fingerprint density at radius 1 is 1.67 bits per heavy atom. The van der Waals surface area contributed by atoms with Gasteiger partial charge < -0.3 is 5.11 Å². The molecule has 1 fully saturated rings. The highest BCUT2D eigenvalue weighted by Gasteiger charge is 2.23. The number of aliphatic hydroxyl groups is 1. The van der Waals surface area contributed by atoms with Crippen molar-refractivity contribution in [1.82, 2.24) is 0 Å². The molecule has 0 atom stereocenters. The van der Waals surface area contributed by atoms with Crippen LogP contribution < -0.4 is 0 Å². The van der Waals surface area contributed by atoms with Crippen LogP contribution in [0.2, 0.25) is 0 Å². The molecule has 1 heteroatoms. The maximum absolute atomic E-state index is 8.54. The fourth-order valence-electron chi connectivity index (χ4n) is 0.745. The van der Waals surface area contributed by atoms with Gasteiger partial charge in [-0.05, 0) is 18.8 Å². The standard InChI is InChI=1S/C5H9O/c1-4-2-5(6)3-4/h4,6H,2-3H2,1H3. The van der Waals surface area contributed by atoms with Gasteiger partial charge in [-0.1, -0.05) is 6.92 Å². The van der Waals surface area contributed by atoms with Crippen LogP contribution in [-0.2, 0) is 0 Å². The maximum atomic E-state index is 8.54. The van der Waals surface area contributed by atoms with Gasteiger partial charge in [0.15, 0.2) is 0 Å². The smallest absolute Gasteiger partial charge is 0.0938 e. The second kappa shape index (κ2) is 1.23. The lowest BCUT2D eigenvalue weighted by atomic mass is 9.84. The third-order valence-electron chi connectivity index (χ3n) is 1.17. The van der Waals surface area contributed by atoms with E-state index in [2.05, 4.69) is 6.92 Å². The Balaban J connectivity index is 2.11. The summed E-state index contributed by atoms with van der Waals surface area (Å²) in [6.45, 7) is 2.14. The number of aliphatic hydroxyl groups excluding tert-OH is 1. The van der Waals surface area contributed by atoms with Crippen molar-refractivity contribution in [3.05, 3.63) is 6.10 Å². The van der Waals surface area contributed by atoms with Crippen LogP contribution in [0.1, 0.15) is 19.8 Å². The van der Waals surface area contributed by atoms with E-state index in [0.29, 0.717) is 6.10 Å². The minimum absolute atomic E-state index is 0.683. The molecule has 0 aromatic carbocycles. The van der Waals surface area contributed by atoms with E-state index in [9.17, 15) is 0 Å². The Morgan fingerprint density at radius 3 is 2.17 bits per heavy atom. The Morgan fingerprint density at radius 2 is 2.17 bits per heavy atom. The molecule has 0 unspecified atom stereocenters. The first-order chi connectivity index (χ1) is 2.79. The molecule has 0 saturated heterocycles. The Kier molecular flexibility index (Phi) is 0.845. The molecule has 0 amide bonds. The van der Waals surface area contributed by atoms with Gasteiger partial charge in [0.05, 0.1) is 6.10 Å². The molecular weight excluding hydrogens is 76.1 g/mol. The molecule has 1 radical (unpaired) electrons. The van der Waals surface area contributed by atoms with E-state index < -0.39 is 0 Å². The van der Waals surface area contributed by atoms with Crippen molar-refractivity contribution >= 4 is 0 Å². The van der Waals surface area contributed by atoms with Crippen molar-refractivity contribution in [3.63, 3.8) is 0 Å². The molecule has 0 heterocycles. The Hall–Kier alpha value is -0.0400. The molecule has 1 aliphatic rings. The highest BCUT2D eigenvalue weighted by Crippen LogP contribution is 2.31. The maximum Gasteiger partial charge on any atom is 0.0938 e. The van der Waals surface area contributed by atoms with E-state index in [1.54, 1.807) is 0 Å². The third kappa shape index (κ3) is 0.548. The Bertz CT molecular complexity index is 39.9. The molecule has 1 rings (SSSR count). The summed E-state index contributed by atoms with van der Waals surface area (Å²) < 4.78 is 0. The summed E-state index contributed by atoms with van der Waals surface area (Å²) in [7, 11) is 0. The molecule has 0 spiro atoms. The molecule has 0 aromatic rings. The van der Waals surface area contributed by atoms with Gasteiger partial charge in [0.2, 0.25) is 0 Å². The van der Waals surface area contributed by atoms with Crippen LogP contribution in [0.15, 0.2) is 0 Å². The van der Waals surface area contributed by atoms with E-state index in [0.717, 1.165) is 18.8 Å². The highest BCUT2D eigenvalue weighted by molar-refractivity contribution is 4.90.